The van der Waals surface area contributed by atoms with Gasteiger partial charge in [0, 0.05) is 46.4 Å². The molecule has 1 aliphatic heterocycles. The second-order valence-electron chi connectivity index (χ2n) is 8.34. The van der Waals surface area contributed by atoms with E-state index in [0.717, 1.165) is 17.8 Å². The molecule has 1 saturated heterocycles. The second-order valence-corrected chi connectivity index (χ2v) is 11.2. The van der Waals surface area contributed by atoms with Crippen molar-refractivity contribution in [2.75, 3.05) is 62.6 Å². The minimum Gasteiger partial charge on any atom is -0.478 e. The SMILES string of the molecule is COCCCNC(=O)CN1CCN(c2ccc(C(=O)O)cc2NS(=O)(=O)c2cccs2)CC1.O=C(O)C(F)(F)F. The van der Waals surface area contributed by atoms with Crippen molar-refractivity contribution in [2.45, 2.75) is 16.8 Å². The molecule has 0 atom stereocenters. The van der Waals surface area contributed by atoms with Gasteiger partial charge in [-0.3, -0.25) is 14.4 Å². The van der Waals surface area contributed by atoms with Crippen LogP contribution in [0.1, 0.15) is 16.8 Å². The van der Waals surface area contributed by atoms with Gasteiger partial charge in [-0.15, -0.1) is 11.3 Å². The molecule has 2 heterocycles. The summed E-state index contributed by atoms with van der Waals surface area (Å²) in [7, 11) is -2.22. The molecular weight excluding hydrogens is 581 g/mol. The maximum absolute atomic E-state index is 12.8. The number of carbonyl (C=O) groups excluding carboxylic acids is 1. The van der Waals surface area contributed by atoms with Crippen LogP contribution in [-0.2, 0) is 24.3 Å². The number of piperazine rings is 1. The molecule has 3 rings (SSSR count). The van der Waals surface area contributed by atoms with Gasteiger partial charge in [-0.1, -0.05) is 6.07 Å². The summed E-state index contributed by atoms with van der Waals surface area (Å²) in [6.45, 7) is 3.81. The number of ether oxygens (including phenoxy) is 1. The number of sulfonamides is 1. The first kappa shape index (κ1) is 32.8. The number of aromatic carboxylic acids is 1. The first-order chi connectivity index (χ1) is 18.7. The number of thiophene rings is 1. The first-order valence-electron chi connectivity index (χ1n) is 11.7. The van der Waals surface area contributed by atoms with E-state index in [1.54, 1.807) is 24.6 Å². The van der Waals surface area contributed by atoms with Crippen molar-refractivity contribution in [3.63, 3.8) is 0 Å². The van der Waals surface area contributed by atoms with Crippen LogP contribution < -0.4 is 14.9 Å². The van der Waals surface area contributed by atoms with Gasteiger partial charge in [-0.05, 0) is 36.1 Å². The lowest BCUT2D eigenvalue weighted by Gasteiger charge is -2.36. The van der Waals surface area contributed by atoms with Crippen molar-refractivity contribution in [2.24, 2.45) is 0 Å². The Balaban J connectivity index is 0.000000708. The van der Waals surface area contributed by atoms with Crippen LogP contribution in [-0.4, -0.2) is 101 Å². The molecule has 4 N–H and O–H groups in total. The molecule has 0 spiro atoms. The fraction of sp³-hybridized carbons (Fsp3) is 0.435. The molecule has 1 aromatic heterocycles. The van der Waals surface area contributed by atoms with Crippen molar-refractivity contribution in [1.82, 2.24) is 10.2 Å². The van der Waals surface area contributed by atoms with E-state index in [1.807, 2.05) is 9.80 Å². The maximum atomic E-state index is 12.8. The minimum absolute atomic E-state index is 0.00795. The number of benzene rings is 1. The molecule has 222 valence electrons. The Hall–Kier alpha value is -3.41. The fourth-order valence-electron chi connectivity index (χ4n) is 3.49. The molecule has 12 nitrogen and oxygen atoms in total. The van der Waals surface area contributed by atoms with Crippen LogP contribution >= 0.6 is 11.3 Å². The highest BCUT2D eigenvalue weighted by Gasteiger charge is 2.38. The standard InChI is InChI=1S/C21H28N4O6S2.C2HF3O2/c1-31-12-3-7-22-19(26)15-24-8-10-25(11-9-24)18-6-5-16(21(27)28)14-17(18)23-33(29,30)20-4-2-13-32-20;3-2(4,5)1(6)7/h2,4-6,13-14,23H,3,7-12,15H2,1H3,(H,22,26)(H,27,28);(H,6,7). The van der Waals surface area contributed by atoms with Crippen LogP contribution in [0.4, 0.5) is 24.5 Å². The normalized spacial score (nSPS) is 14.2. The van der Waals surface area contributed by atoms with E-state index < -0.39 is 28.1 Å². The Kier molecular flexibility index (Phi) is 12.2. The molecule has 17 heteroatoms. The number of carboxylic acid groups (broad SMARTS) is 2. The number of amides is 1. The number of alkyl halides is 3. The average molecular weight is 611 g/mol. The summed E-state index contributed by atoms with van der Waals surface area (Å²) in [5.41, 5.74) is 0.808. The molecule has 0 saturated carbocycles. The molecule has 0 bridgehead atoms. The summed E-state index contributed by atoms with van der Waals surface area (Å²) < 4.78 is 64.9. The van der Waals surface area contributed by atoms with E-state index in [0.29, 0.717) is 45.0 Å². The van der Waals surface area contributed by atoms with Crippen LogP contribution in [0.5, 0.6) is 0 Å². The molecule has 40 heavy (non-hydrogen) atoms. The Morgan fingerprint density at radius 3 is 2.27 bits per heavy atom. The number of rotatable bonds is 11. The van der Waals surface area contributed by atoms with Gasteiger partial charge >= 0.3 is 18.1 Å². The number of nitrogens with zero attached hydrogens (tertiary/aromatic N) is 2. The Labute approximate surface area is 232 Å². The summed E-state index contributed by atoms with van der Waals surface area (Å²) in [4.78, 5) is 36.5. The first-order valence-corrected chi connectivity index (χ1v) is 14.1. The van der Waals surface area contributed by atoms with Gasteiger partial charge in [-0.25, -0.2) is 18.0 Å². The van der Waals surface area contributed by atoms with E-state index >= 15 is 0 Å². The van der Waals surface area contributed by atoms with Crippen molar-refractivity contribution >= 4 is 50.6 Å². The lowest BCUT2D eigenvalue weighted by Crippen LogP contribution is -2.49. The number of anilines is 2. The zero-order valence-corrected chi connectivity index (χ0v) is 22.9. The number of carboxylic acids is 2. The van der Waals surface area contributed by atoms with E-state index in [1.165, 1.54) is 18.2 Å². The average Bonchev–Trinajstić information content (AvgIpc) is 3.43. The van der Waals surface area contributed by atoms with Crippen LogP contribution in [0.2, 0.25) is 0 Å². The Bertz CT molecular complexity index is 1250. The number of aliphatic carboxylic acids is 1. The third kappa shape index (κ3) is 10.3. The number of carbonyl (C=O) groups is 3. The molecule has 1 amide bonds. The third-order valence-electron chi connectivity index (χ3n) is 5.42. The topological polar surface area (TPSA) is 166 Å². The zero-order chi connectivity index (χ0) is 29.9. The number of nitrogens with one attached hydrogen (secondary N) is 2. The number of halogens is 3. The highest BCUT2D eigenvalue weighted by atomic mass is 32.2. The highest BCUT2D eigenvalue weighted by molar-refractivity contribution is 7.94. The van der Waals surface area contributed by atoms with Crippen molar-refractivity contribution in [3.05, 3.63) is 41.3 Å². The van der Waals surface area contributed by atoms with Crippen molar-refractivity contribution in [3.8, 4) is 0 Å². The monoisotopic (exact) mass is 610 g/mol. The molecule has 1 aromatic carbocycles. The van der Waals surface area contributed by atoms with E-state index in [4.69, 9.17) is 14.6 Å². The Morgan fingerprint density at radius 1 is 1.10 bits per heavy atom. The van der Waals surface area contributed by atoms with E-state index in [-0.39, 0.29) is 27.9 Å². The molecular formula is C23H29F3N4O8S2. The van der Waals surface area contributed by atoms with Crippen molar-refractivity contribution < 1.29 is 50.9 Å². The predicted molar refractivity (Wildman–Crippen MR) is 140 cm³/mol. The number of methoxy groups -OCH3 is 1. The fourth-order valence-corrected chi connectivity index (χ4v) is 5.55. The number of hydrogen-bond acceptors (Lipinski definition) is 9. The van der Waals surface area contributed by atoms with Crippen molar-refractivity contribution in [1.29, 1.82) is 0 Å². The summed E-state index contributed by atoms with van der Waals surface area (Å²) >= 11 is 1.08. The van der Waals surface area contributed by atoms with Crippen LogP contribution in [0.15, 0.2) is 39.9 Å². The van der Waals surface area contributed by atoms with Gasteiger partial charge in [0.05, 0.1) is 23.5 Å². The Morgan fingerprint density at radius 2 is 1.75 bits per heavy atom. The van der Waals surface area contributed by atoms with Gasteiger partial charge < -0.3 is 25.2 Å². The van der Waals surface area contributed by atoms with Crippen LogP contribution in [0.3, 0.4) is 0 Å². The molecule has 1 fully saturated rings. The minimum atomic E-state index is -5.08. The summed E-state index contributed by atoms with van der Waals surface area (Å²) in [5.74, 6) is -3.94. The second kappa shape index (κ2) is 14.8. The highest BCUT2D eigenvalue weighted by Crippen LogP contribution is 2.31. The van der Waals surface area contributed by atoms with Gasteiger partial charge in [0.1, 0.15) is 4.21 Å². The quantitative estimate of drug-likeness (QED) is 0.277. The van der Waals surface area contributed by atoms with Gasteiger partial charge in [0.25, 0.3) is 10.0 Å². The van der Waals surface area contributed by atoms with Gasteiger partial charge in [-0.2, -0.15) is 13.2 Å². The van der Waals surface area contributed by atoms with Gasteiger partial charge in [0.2, 0.25) is 5.91 Å². The largest absolute Gasteiger partial charge is 0.490 e. The summed E-state index contributed by atoms with van der Waals surface area (Å²) in [6.07, 6.45) is -4.33. The summed E-state index contributed by atoms with van der Waals surface area (Å²) in [5, 5.41) is 21.0. The van der Waals surface area contributed by atoms with Gasteiger partial charge in [0.15, 0.2) is 0 Å². The van der Waals surface area contributed by atoms with Crippen LogP contribution in [0, 0.1) is 0 Å². The third-order valence-corrected chi connectivity index (χ3v) is 8.18. The molecule has 1 aliphatic rings. The summed E-state index contributed by atoms with van der Waals surface area (Å²) in [6, 6.07) is 7.55. The lowest BCUT2D eigenvalue weighted by atomic mass is 10.1. The lowest BCUT2D eigenvalue weighted by molar-refractivity contribution is -0.192. The van der Waals surface area contributed by atoms with E-state index in [9.17, 15) is 36.3 Å². The molecule has 0 radical (unpaired) electrons. The molecule has 2 aromatic rings. The maximum Gasteiger partial charge on any atom is 0.490 e. The molecule has 0 unspecified atom stereocenters. The molecule has 0 aliphatic carbocycles. The zero-order valence-electron chi connectivity index (χ0n) is 21.3. The number of hydrogen-bond donors (Lipinski definition) is 4. The predicted octanol–water partition coefficient (Wildman–Crippen LogP) is 2.16. The van der Waals surface area contributed by atoms with E-state index in [2.05, 4.69) is 10.0 Å². The van der Waals surface area contributed by atoms with Crippen LogP contribution in [0.25, 0.3) is 0 Å². The smallest absolute Gasteiger partial charge is 0.478 e.